The molecule has 1 aliphatic rings. The van der Waals surface area contributed by atoms with Crippen LogP contribution >= 0.6 is 0 Å². The van der Waals surface area contributed by atoms with Crippen LogP contribution in [-0.4, -0.2) is 29.2 Å². The van der Waals surface area contributed by atoms with Crippen molar-refractivity contribution in [1.29, 1.82) is 0 Å². The monoisotopic (exact) mass is 424 g/mol. The number of ether oxygens (including phenoxy) is 1. The number of rotatable bonds is 4. The molecule has 0 fully saturated rings. The van der Waals surface area contributed by atoms with Gasteiger partial charge in [-0.2, -0.15) is 0 Å². The predicted molar refractivity (Wildman–Crippen MR) is 122 cm³/mol. The molecule has 1 amide bonds. The molecule has 158 valence electrons. The number of benzene rings is 3. The minimum atomic E-state index is -0.294. The van der Waals surface area contributed by atoms with Crippen molar-refractivity contribution in [1.82, 2.24) is 4.57 Å². The van der Waals surface area contributed by atoms with Gasteiger partial charge in [-0.15, -0.1) is 0 Å². The third-order valence-electron chi connectivity index (χ3n) is 5.84. The maximum Gasteiger partial charge on any atom is 0.272 e. The molecule has 0 radical (unpaired) electrons. The van der Waals surface area contributed by atoms with Gasteiger partial charge in [0.2, 0.25) is 0 Å². The van der Waals surface area contributed by atoms with E-state index in [1.165, 1.54) is 0 Å². The molecule has 0 spiro atoms. The minimum absolute atomic E-state index is 0.187. The topological polar surface area (TPSA) is 77.4 Å². The van der Waals surface area contributed by atoms with E-state index in [1.54, 1.807) is 49.6 Å². The predicted octanol–water partition coefficient (Wildman–Crippen LogP) is 4.70. The van der Waals surface area contributed by atoms with E-state index < -0.39 is 0 Å². The fourth-order valence-corrected chi connectivity index (χ4v) is 4.28. The van der Waals surface area contributed by atoms with Crippen molar-refractivity contribution in [2.45, 2.75) is 13.5 Å². The number of methoxy groups -OCH3 is 1. The van der Waals surface area contributed by atoms with Gasteiger partial charge >= 0.3 is 0 Å². The average Bonchev–Trinajstić information content (AvgIpc) is 3.20. The number of hydrogen-bond acceptors (Lipinski definition) is 4. The lowest BCUT2D eigenvalue weighted by Gasteiger charge is -2.18. The van der Waals surface area contributed by atoms with Gasteiger partial charge in [-0.1, -0.05) is 24.3 Å². The first-order valence-corrected chi connectivity index (χ1v) is 10.3. The number of hydrogen-bond donors (Lipinski definition) is 1. The van der Waals surface area contributed by atoms with Gasteiger partial charge in [0, 0.05) is 45.4 Å². The Labute approximate surface area is 184 Å². The zero-order valence-electron chi connectivity index (χ0n) is 17.6. The molecule has 32 heavy (non-hydrogen) atoms. The van der Waals surface area contributed by atoms with E-state index in [9.17, 15) is 14.4 Å². The largest absolute Gasteiger partial charge is 0.497 e. The molecule has 4 aromatic rings. The first-order chi connectivity index (χ1) is 15.5. The fourth-order valence-electron chi connectivity index (χ4n) is 4.28. The van der Waals surface area contributed by atoms with Crippen molar-refractivity contribution in [2.24, 2.45) is 0 Å². The molecular formula is C26H20N2O4. The Morgan fingerprint density at radius 3 is 2.25 bits per heavy atom. The summed E-state index contributed by atoms with van der Waals surface area (Å²) in [6.07, 6.45) is 0. The highest BCUT2D eigenvalue weighted by molar-refractivity contribution is 6.28. The number of anilines is 1. The first kappa shape index (κ1) is 19.8. The van der Waals surface area contributed by atoms with E-state index in [-0.39, 0.29) is 17.5 Å². The van der Waals surface area contributed by atoms with Crippen LogP contribution in [0.2, 0.25) is 0 Å². The van der Waals surface area contributed by atoms with Crippen LogP contribution in [0.5, 0.6) is 5.75 Å². The third-order valence-corrected chi connectivity index (χ3v) is 5.84. The highest BCUT2D eigenvalue weighted by Gasteiger charge is 2.29. The third kappa shape index (κ3) is 3.00. The number of ketones is 2. The molecule has 1 N–H and O–H groups in total. The minimum Gasteiger partial charge on any atom is -0.497 e. The maximum absolute atomic E-state index is 13.1. The smallest absolute Gasteiger partial charge is 0.272 e. The quantitative estimate of drug-likeness (QED) is 0.454. The summed E-state index contributed by atoms with van der Waals surface area (Å²) in [7, 11) is 1.60. The van der Waals surface area contributed by atoms with Crippen molar-refractivity contribution in [3.05, 3.63) is 94.7 Å². The number of fused-ring (bicyclic) bond motifs is 3. The van der Waals surface area contributed by atoms with Crippen LogP contribution in [0.3, 0.4) is 0 Å². The Hall–Kier alpha value is -4.19. The Morgan fingerprint density at radius 1 is 0.875 bits per heavy atom. The Kier molecular flexibility index (Phi) is 4.63. The first-order valence-electron chi connectivity index (χ1n) is 10.3. The zero-order valence-corrected chi connectivity index (χ0v) is 17.6. The molecule has 0 bridgehead atoms. The summed E-state index contributed by atoms with van der Waals surface area (Å²) in [4.78, 5) is 38.9. The lowest BCUT2D eigenvalue weighted by atomic mass is 9.84. The maximum atomic E-state index is 13.1. The molecule has 0 unspecified atom stereocenters. The highest BCUT2D eigenvalue weighted by atomic mass is 16.5. The second kappa shape index (κ2) is 7.50. The van der Waals surface area contributed by atoms with Crippen LogP contribution in [0, 0.1) is 0 Å². The van der Waals surface area contributed by atoms with Crippen LogP contribution in [0.4, 0.5) is 5.69 Å². The number of nitrogens with one attached hydrogen (secondary N) is 1. The number of aryl methyl sites for hydroxylation is 1. The number of nitrogens with zero attached hydrogens (tertiary/aromatic N) is 1. The molecule has 0 saturated carbocycles. The van der Waals surface area contributed by atoms with Crippen molar-refractivity contribution in [2.75, 3.05) is 12.4 Å². The van der Waals surface area contributed by atoms with E-state index in [0.717, 1.165) is 16.7 Å². The van der Waals surface area contributed by atoms with Crippen LogP contribution in [0.15, 0.2) is 66.7 Å². The standard InChI is InChI=1S/C26H20N2O4/c1-3-28-22-11-9-17(32-2)12-15(22)13-23(28)26(31)27-16-8-10-20-21(14-16)25(30)19-7-5-4-6-18(19)24(20)29/h4-14H,3H2,1-2H3,(H,27,31). The van der Waals surface area contributed by atoms with Gasteiger partial charge in [0.1, 0.15) is 11.4 Å². The molecule has 1 aromatic heterocycles. The van der Waals surface area contributed by atoms with Gasteiger partial charge < -0.3 is 14.6 Å². The second-order valence-corrected chi connectivity index (χ2v) is 7.62. The van der Waals surface area contributed by atoms with E-state index in [1.807, 2.05) is 35.8 Å². The summed E-state index contributed by atoms with van der Waals surface area (Å²) < 4.78 is 7.21. The van der Waals surface area contributed by atoms with Crippen LogP contribution < -0.4 is 10.1 Å². The van der Waals surface area contributed by atoms with E-state index in [2.05, 4.69) is 5.32 Å². The van der Waals surface area contributed by atoms with Crippen molar-refractivity contribution < 1.29 is 19.1 Å². The molecule has 1 heterocycles. The molecule has 0 atom stereocenters. The SMILES string of the molecule is CCn1c(C(=O)Nc2ccc3c(c2)C(=O)c2ccccc2C3=O)cc2cc(OC)ccc21. The van der Waals surface area contributed by atoms with Crippen LogP contribution in [0.1, 0.15) is 49.3 Å². The van der Waals surface area contributed by atoms with Crippen LogP contribution in [-0.2, 0) is 6.54 Å². The molecule has 6 heteroatoms. The Balaban J connectivity index is 1.50. The number of carbonyl (C=O) groups excluding carboxylic acids is 3. The summed E-state index contributed by atoms with van der Waals surface area (Å²) in [6, 6.07) is 19.1. The number of aromatic nitrogens is 1. The second-order valence-electron chi connectivity index (χ2n) is 7.62. The molecule has 0 aliphatic heterocycles. The number of carbonyl (C=O) groups is 3. The van der Waals surface area contributed by atoms with Gasteiger partial charge in [-0.25, -0.2) is 0 Å². The summed E-state index contributed by atoms with van der Waals surface area (Å²) in [5.41, 5.74) is 3.33. The summed E-state index contributed by atoms with van der Waals surface area (Å²) >= 11 is 0. The normalized spacial score (nSPS) is 12.4. The molecule has 0 saturated heterocycles. The van der Waals surface area contributed by atoms with Crippen molar-refractivity contribution >= 4 is 34.1 Å². The molecule has 1 aliphatic carbocycles. The lowest BCUT2D eigenvalue weighted by molar-refractivity contribution is 0.0979. The summed E-state index contributed by atoms with van der Waals surface area (Å²) in [5.74, 6) is 0.0157. The van der Waals surface area contributed by atoms with E-state index >= 15 is 0 Å². The Bertz CT molecular complexity index is 1430. The molecule has 3 aromatic carbocycles. The highest BCUT2D eigenvalue weighted by Crippen LogP contribution is 2.30. The van der Waals surface area contributed by atoms with Crippen LogP contribution in [0.25, 0.3) is 10.9 Å². The molecule has 5 rings (SSSR count). The average molecular weight is 424 g/mol. The molecule has 6 nitrogen and oxygen atoms in total. The van der Waals surface area contributed by atoms with Gasteiger partial charge in [-0.05, 0) is 49.4 Å². The number of amides is 1. The lowest BCUT2D eigenvalue weighted by Crippen LogP contribution is -2.22. The summed E-state index contributed by atoms with van der Waals surface area (Å²) in [5, 5.41) is 3.78. The molecular weight excluding hydrogens is 404 g/mol. The van der Waals surface area contributed by atoms with Gasteiger partial charge in [0.25, 0.3) is 5.91 Å². The van der Waals surface area contributed by atoms with Gasteiger partial charge in [0.15, 0.2) is 11.6 Å². The van der Waals surface area contributed by atoms with Crippen molar-refractivity contribution in [3.8, 4) is 5.75 Å². The Morgan fingerprint density at radius 2 is 1.56 bits per heavy atom. The van der Waals surface area contributed by atoms with Gasteiger partial charge in [0.05, 0.1) is 7.11 Å². The summed E-state index contributed by atoms with van der Waals surface area (Å²) in [6.45, 7) is 2.59. The van der Waals surface area contributed by atoms with Crippen molar-refractivity contribution in [3.63, 3.8) is 0 Å². The van der Waals surface area contributed by atoms with E-state index in [0.29, 0.717) is 40.2 Å². The van der Waals surface area contributed by atoms with E-state index in [4.69, 9.17) is 4.74 Å². The van der Waals surface area contributed by atoms with Gasteiger partial charge in [-0.3, -0.25) is 14.4 Å². The fraction of sp³-hybridized carbons (Fsp3) is 0.115. The zero-order chi connectivity index (χ0) is 22.4.